The van der Waals surface area contributed by atoms with Gasteiger partial charge in [0.1, 0.15) is 18.1 Å². The van der Waals surface area contributed by atoms with Gasteiger partial charge in [0, 0.05) is 31.3 Å². The van der Waals surface area contributed by atoms with E-state index in [-0.39, 0.29) is 25.6 Å². The molecule has 0 aliphatic carbocycles. The molecule has 0 spiro atoms. The number of aliphatic hydroxyl groups is 1. The summed E-state index contributed by atoms with van der Waals surface area (Å²) in [6.45, 7) is 5.93. The number of hydrogen-bond donors (Lipinski definition) is 4. The highest BCUT2D eigenvalue weighted by Crippen LogP contribution is 2.16. The van der Waals surface area contributed by atoms with Crippen molar-refractivity contribution in [3.63, 3.8) is 0 Å². The molecule has 1 heterocycles. The summed E-state index contributed by atoms with van der Waals surface area (Å²) in [7, 11) is 0. The predicted molar refractivity (Wildman–Crippen MR) is 109 cm³/mol. The summed E-state index contributed by atoms with van der Waals surface area (Å²) in [5, 5.41) is 11.3. The smallest absolute Gasteiger partial charge is 0.250 e. The Morgan fingerprint density at radius 1 is 1.41 bits per heavy atom. The van der Waals surface area contributed by atoms with Crippen LogP contribution in [0.2, 0.25) is 0 Å². The monoisotopic (exact) mass is 374 g/mol. The van der Waals surface area contributed by atoms with Gasteiger partial charge in [-0.3, -0.25) is 15.1 Å². The molecule has 1 aliphatic heterocycles. The molecule has 0 aromatic rings. The summed E-state index contributed by atoms with van der Waals surface area (Å²) >= 11 is 0. The number of rotatable bonds is 8. The van der Waals surface area contributed by atoms with E-state index >= 15 is 0 Å². The molecule has 27 heavy (non-hydrogen) atoms. The van der Waals surface area contributed by atoms with Gasteiger partial charge in [-0.15, -0.1) is 0 Å². The van der Waals surface area contributed by atoms with Gasteiger partial charge in [0.25, 0.3) is 0 Å². The fourth-order valence-corrected chi connectivity index (χ4v) is 2.54. The molecule has 1 aliphatic rings. The zero-order valence-corrected chi connectivity index (χ0v) is 16.2. The van der Waals surface area contributed by atoms with Crippen molar-refractivity contribution in [2.45, 2.75) is 33.1 Å². The number of carbonyl (C=O) groups excluding carboxylic acids is 1. The number of allylic oxidation sites excluding steroid dienone is 1. The highest BCUT2D eigenvalue weighted by Gasteiger charge is 2.22. The molecule has 8 nitrogen and oxygen atoms in total. The second-order valence-corrected chi connectivity index (χ2v) is 5.93. The van der Waals surface area contributed by atoms with Gasteiger partial charge in [-0.25, -0.2) is 4.99 Å². The van der Waals surface area contributed by atoms with Crippen molar-refractivity contribution in [1.29, 1.82) is 0 Å². The standard InChI is InChI=1S/C19H30N6O2/c1-3-9-25(10-4-2)19(27)15-11-16(17(13-20)24-18(21)12-15)23-8-6-5-7-22-14-26/h11,13,22,26H,3-4,7-10,12,14,20H2,1-2H3,(H2,21,24). The maximum Gasteiger partial charge on any atom is 0.250 e. The van der Waals surface area contributed by atoms with Crippen LogP contribution >= 0.6 is 0 Å². The van der Waals surface area contributed by atoms with Gasteiger partial charge in [-0.05, 0) is 18.9 Å². The minimum Gasteiger partial charge on any atom is -0.403 e. The predicted octanol–water partition coefficient (Wildman–Crippen LogP) is 0.106. The molecule has 0 atom stereocenters. The molecule has 6 N–H and O–H groups in total. The Kier molecular flexibility index (Phi) is 10.5. The van der Waals surface area contributed by atoms with Crippen LogP contribution in [0.1, 0.15) is 33.1 Å². The summed E-state index contributed by atoms with van der Waals surface area (Å²) in [4.78, 5) is 23.5. The molecule has 0 radical (unpaired) electrons. The third-order valence-corrected chi connectivity index (χ3v) is 3.69. The minimum atomic E-state index is -0.128. The topological polar surface area (TPSA) is 129 Å². The van der Waals surface area contributed by atoms with E-state index in [9.17, 15) is 4.79 Å². The SMILES string of the molecule is CCCN(CCC)C(=O)C1=CC(=NCC#CCNCO)C(=CN)N=C(N)C1. The van der Waals surface area contributed by atoms with E-state index in [1.165, 1.54) is 6.20 Å². The molecule has 0 unspecified atom stereocenters. The summed E-state index contributed by atoms with van der Waals surface area (Å²) in [5.41, 5.74) is 13.1. The third-order valence-electron chi connectivity index (χ3n) is 3.69. The van der Waals surface area contributed by atoms with Crippen LogP contribution in [0, 0.1) is 11.8 Å². The van der Waals surface area contributed by atoms with Crippen LogP contribution in [-0.4, -0.2) is 60.4 Å². The third kappa shape index (κ3) is 7.64. The average molecular weight is 374 g/mol. The van der Waals surface area contributed by atoms with E-state index in [4.69, 9.17) is 16.6 Å². The molecular formula is C19H30N6O2. The summed E-state index contributed by atoms with van der Waals surface area (Å²) in [6, 6.07) is 0. The lowest BCUT2D eigenvalue weighted by atomic mass is 10.1. The van der Waals surface area contributed by atoms with E-state index in [2.05, 4.69) is 27.1 Å². The fraction of sp³-hybridized carbons (Fsp3) is 0.526. The van der Waals surface area contributed by atoms with Crippen LogP contribution in [0.5, 0.6) is 0 Å². The van der Waals surface area contributed by atoms with Gasteiger partial charge >= 0.3 is 0 Å². The molecule has 8 heteroatoms. The van der Waals surface area contributed by atoms with E-state index in [1.807, 2.05) is 18.7 Å². The Labute approximate surface area is 161 Å². The van der Waals surface area contributed by atoms with Crippen molar-refractivity contribution in [2.24, 2.45) is 21.5 Å². The van der Waals surface area contributed by atoms with Gasteiger partial charge in [0.2, 0.25) is 5.91 Å². The number of nitrogens with two attached hydrogens (primary N) is 2. The van der Waals surface area contributed by atoms with Crippen molar-refractivity contribution >= 4 is 17.5 Å². The second kappa shape index (κ2) is 12.7. The number of aliphatic imine (C=N–C) groups is 2. The first-order valence-corrected chi connectivity index (χ1v) is 9.14. The number of amidine groups is 1. The molecule has 0 saturated carbocycles. The van der Waals surface area contributed by atoms with Crippen molar-refractivity contribution < 1.29 is 9.90 Å². The molecule has 0 bridgehead atoms. The molecule has 0 fully saturated rings. The highest BCUT2D eigenvalue weighted by molar-refractivity contribution is 6.16. The summed E-state index contributed by atoms with van der Waals surface area (Å²) in [5.74, 6) is 5.97. The largest absolute Gasteiger partial charge is 0.403 e. The average Bonchev–Trinajstić information content (AvgIpc) is 2.82. The van der Waals surface area contributed by atoms with Gasteiger partial charge in [-0.1, -0.05) is 25.7 Å². The first-order chi connectivity index (χ1) is 13.1. The zero-order chi connectivity index (χ0) is 20.1. The van der Waals surface area contributed by atoms with Gasteiger partial charge in [-0.2, -0.15) is 0 Å². The number of amides is 1. The molecule has 1 rings (SSSR count). The minimum absolute atomic E-state index is 0.0546. The molecule has 1 amide bonds. The number of aliphatic hydroxyl groups excluding tert-OH is 1. The van der Waals surface area contributed by atoms with Gasteiger partial charge in [0.05, 0.1) is 19.0 Å². The number of nitrogens with one attached hydrogen (secondary N) is 1. The van der Waals surface area contributed by atoms with E-state index < -0.39 is 0 Å². The second-order valence-electron chi connectivity index (χ2n) is 5.93. The lowest BCUT2D eigenvalue weighted by molar-refractivity contribution is -0.127. The highest BCUT2D eigenvalue weighted by atomic mass is 16.3. The Morgan fingerprint density at radius 2 is 2.11 bits per heavy atom. The Balaban J connectivity index is 3.11. The van der Waals surface area contributed by atoms with Crippen molar-refractivity contribution in [3.05, 3.63) is 23.5 Å². The number of nitrogens with zero attached hydrogens (tertiary/aromatic N) is 3. The van der Waals surface area contributed by atoms with Crippen LogP contribution in [0.25, 0.3) is 0 Å². The molecular weight excluding hydrogens is 344 g/mol. The van der Waals surface area contributed by atoms with Crippen molar-refractivity contribution in [1.82, 2.24) is 10.2 Å². The van der Waals surface area contributed by atoms with Crippen LogP contribution in [-0.2, 0) is 4.79 Å². The normalized spacial score (nSPS) is 17.0. The van der Waals surface area contributed by atoms with Gasteiger partial charge in [0.15, 0.2) is 0 Å². The number of hydrogen-bond acceptors (Lipinski definition) is 7. The maximum atomic E-state index is 12.9. The lowest BCUT2D eigenvalue weighted by Crippen LogP contribution is -2.34. The molecule has 0 saturated heterocycles. The Bertz CT molecular complexity index is 676. The lowest BCUT2D eigenvalue weighted by Gasteiger charge is -2.22. The van der Waals surface area contributed by atoms with E-state index in [1.54, 1.807) is 6.08 Å². The van der Waals surface area contributed by atoms with Crippen LogP contribution in [0.4, 0.5) is 0 Å². The molecule has 148 valence electrons. The molecule has 0 aromatic carbocycles. The van der Waals surface area contributed by atoms with Crippen molar-refractivity contribution in [3.8, 4) is 11.8 Å². The Hall–Kier alpha value is -2.63. The quantitative estimate of drug-likeness (QED) is 0.272. The van der Waals surface area contributed by atoms with Crippen LogP contribution < -0.4 is 16.8 Å². The van der Waals surface area contributed by atoms with E-state index in [0.29, 0.717) is 42.5 Å². The zero-order valence-electron chi connectivity index (χ0n) is 16.2. The van der Waals surface area contributed by atoms with Crippen molar-refractivity contribution in [2.75, 3.05) is 32.9 Å². The first kappa shape index (κ1) is 22.4. The van der Waals surface area contributed by atoms with E-state index in [0.717, 1.165) is 12.8 Å². The van der Waals surface area contributed by atoms with Crippen LogP contribution in [0.3, 0.4) is 0 Å². The Morgan fingerprint density at radius 3 is 2.70 bits per heavy atom. The molecule has 0 aromatic heterocycles. The number of carbonyl (C=O) groups is 1. The van der Waals surface area contributed by atoms with Gasteiger partial charge < -0.3 is 21.5 Å². The van der Waals surface area contributed by atoms with Crippen LogP contribution in [0.15, 0.2) is 33.5 Å². The fourth-order valence-electron chi connectivity index (χ4n) is 2.54. The summed E-state index contributed by atoms with van der Waals surface area (Å²) in [6.07, 6.45) is 5.05. The maximum absolute atomic E-state index is 12.9. The first-order valence-electron chi connectivity index (χ1n) is 9.14. The summed E-state index contributed by atoms with van der Waals surface area (Å²) < 4.78 is 0.